The molecule has 0 aromatic heterocycles. The van der Waals surface area contributed by atoms with Crippen LogP contribution in [0.15, 0.2) is 36.0 Å². The number of fused-ring (bicyclic) bond motifs is 2. The van der Waals surface area contributed by atoms with E-state index in [1.54, 1.807) is 19.1 Å². The highest BCUT2D eigenvalue weighted by Crippen LogP contribution is 2.65. The van der Waals surface area contributed by atoms with Crippen LogP contribution in [0.4, 0.5) is 0 Å². The maximum Gasteiger partial charge on any atom is 0.256 e. The lowest BCUT2D eigenvalue weighted by Gasteiger charge is -2.38. The molecule has 2 saturated carbocycles. The molecule has 152 valence electrons. The van der Waals surface area contributed by atoms with Crippen molar-refractivity contribution in [3.8, 4) is 0 Å². The van der Waals surface area contributed by atoms with Gasteiger partial charge in [0.1, 0.15) is 0 Å². The number of hydrazine groups is 1. The Kier molecular flexibility index (Phi) is 4.70. The highest BCUT2D eigenvalue weighted by Gasteiger charge is 2.59. The molecular formula is C21H30N4O3. The molecule has 1 saturated heterocycles. The van der Waals surface area contributed by atoms with Crippen molar-refractivity contribution < 1.29 is 9.72 Å². The third-order valence-electron chi connectivity index (χ3n) is 7.49. The molecule has 0 aromatic rings. The van der Waals surface area contributed by atoms with Gasteiger partial charge in [0, 0.05) is 38.0 Å². The van der Waals surface area contributed by atoms with Gasteiger partial charge in [-0.2, -0.15) is 0 Å². The zero-order valence-electron chi connectivity index (χ0n) is 16.8. The van der Waals surface area contributed by atoms with Crippen LogP contribution >= 0.6 is 0 Å². The maximum absolute atomic E-state index is 13.4. The molecule has 3 aliphatic carbocycles. The van der Waals surface area contributed by atoms with Gasteiger partial charge in [0.2, 0.25) is 5.91 Å². The largest absolute Gasteiger partial charge is 0.340 e. The number of nitrogens with zero attached hydrogens (tertiary/aromatic N) is 3. The predicted octanol–water partition coefficient (Wildman–Crippen LogP) is 2.30. The van der Waals surface area contributed by atoms with E-state index in [-0.39, 0.29) is 15.8 Å². The fraction of sp³-hybridized carbons (Fsp3) is 0.667. The molecule has 4 aliphatic rings. The van der Waals surface area contributed by atoms with Crippen LogP contribution in [0.2, 0.25) is 0 Å². The minimum absolute atomic E-state index is 0.00878. The maximum atomic E-state index is 13.4. The summed E-state index contributed by atoms with van der Waals surface area (Å²) in [4.78, 5) is 26.6. The number of amides is 1. The van der Waals surface area contributed by atoms with Gasteiger partial charge in [0.05, 0.1) is 5.41 Å². The molecule has 0 spiro atoms. The number of carbonyl (C=O) groups is 1. The first-order chi connectivity index (χ1) is 13.3. The van der Waals surface area contributed by atoms with Gasteiger partial charge in [-0.05, 0) is 62.3 Å². The summed E-state index contributed by atoms with van der Waals surface area (Å²) >= 11 is 0. The molecule has 1 N–H and O–H groups in total. The van der Waals surface area contributed by atoms with Gasteiger partial charge in [0.15, 0.2) is 0 Å². The monoisotopic (exact) mass is 386 g/mol. The Morgan fingerprint density at radius 2 is 1.82 bits per heavy atom. The Bertz CT molecular complexity index is 756. The molecule has 28 heavy (non-hydrogen) atoms. The first kappa shape index (κ1) is 19.3. The van der Waals surface area contributed by atoms with E-state index >= 15 is 0 Å². The standard InChI is InChI=1S/C21H30N4O3/c1-19(25(27)28)6-3-4-17(5-7-19)20-8-10-21(16-20,11-9-20)18(26)23-12-14-24(22-2)15-13-23/h3-7,22H,8-16H2,1-2H3. The number of allylic oxidation sites excluding steroid dienone is 4. The molecule has 0 radical (unpaired) electrons. The second kappa shape index (κ2) is 6.81. The van der Waals surface area contributed by atoms with E-state index in [2.05, 4.69) is 15.3 Å². The Morgan fingerprint density at radius 1 is 1.14 bits per heavy atom. The van der Waals surface area contributed by atoms with Crippen molar-refractivity contribution in [3.63, 3.8) is 0 Å². The topological polar surface area (TPSA) is 78.7 Å². The van der Waals surface area contributed by atoms with Crippen molar-refractivity contribution >= 4 is 5.91 Å². The average Bonchev–Trinajstić information content (AvgIpc) is 3.21. The van der Waals surface area contributed by atoms with Crippen LogP contribution in [0.25, 0.3) is 0 Å². The van der Waals surface area contributed by atoms with Crippen LogP contribution < -0.4 is 5.43 Å². The van der Waals surface area contributed by atoms with E-state index in [9.17, 15) is 14.9 Å². The molecule has 4 rings (SSSR count). The molecule has 1 unspecified atom stereocenters. The third kappa shape index (κ3) is 3.01. The van der Waals surface area contributed by atoms with E-state index < -0.39 is 5.54 Å². The summed E-state index contributed by atoms with van der Waals surface area (Å²) in [6.45, 7) is 4.90. The van der Waals surface area contributed by atoms with Crippen LogP contribution in [0, 0.1) is 20.9 Å². The average molecular weight is 386 g/mol. The molecule has 0 aromatic carbocycles. The second-order valence-corrected chi connectivity index (χ2v) is 9.04. The zero-order chi connectivity index (χ0) is 20.0. The number of hydrogen-bond acceptors (Lipinski definition) is 5. The lowest BCUT2D eigenvalue weighted by Crippen LogP contribution is -2.55. The quantitative estimate of drug-likeness (QED) is 0.592. The first-order valence-electron chi connectivity index (χ1n) is 10.3. The predicted molar refractivity (Wildman–Crippen MR) is 107 cm³/mol. The molecule has 2 bridgehead atoms. The number of nitrogens with one attached hydrogen (secondary N) is 1. The van der Waals surface area contributed by atoms with E-state index in [1.165, 1.54) is 0 Å². The minimum Gasteiger partial charge on any atom is -0.340 e. The number of nitro groups is 1. The van der Waals surface area contributed by atoms with Crippen molar-refractivity contribution in [2.24, 2.45) is 10.8 Å². The molecule has 3 fully saturated rings. The Hall–Kier alpha value is -1.99. The number of carbonyl (C=O) groups excluding carboxylic acids is 1. The van der Waals surface area contributed by atoms with Crippen molar-refractivity contribution in [2.75, 3.05) is 33.2 Å². The van der Waals surface area contributed by atoms with Crippen molar-refractivity contribution in [2.45, 2.75) is 44.6 Å². The van der Waals surface area contributed by atoms with Crippen molar-refractivity contribution in [1.82, 2.24) is 15.3 Å². The Labute approximate surface area is 166 Å². The van der Waals surface area contributed by atoms with E-state index in [0.29, 0.717) is 5.91 Å². The second-order valence-electron chi connectivity index (χ2n) is 9.04. The molecule has 7 nitrogen and oxygen atoms in total. The smallest absolute Gasteiger partial charge is 0.256 e. The molecule has 1 heterocycles. The summed E-state index contributed by atoms with van der Waals surface area (Å²) in [6.07, 6.45) is 13.9. The van der Waals surface area contributed by atoms with Gasteiger partial charge in [0.25, 0.3) is 5.54 Å². The van der Waals surface area contributed by atoms with Crippen LogP contribution in [0.5, 0.6) is 0 Å². The van der Waals surface area contributed by atoms with Gasteiger partial charge in [-0.1, -0.05) is 18.2 Å². The van der Waals surface area contributed by atoms with Crippen molar-refractivity contribution in [1.29, 1.82) is 0 Å². The Balaban J connectivity index is 1.50. The summed E-state index contributed by atoms with van der Waals surface area (Å²) in [5.74, 6) is 0.325. The molecule has 1 atom stereocenters. The summed E-state index contributed by atoms with van der Waals surface area (Å²) in [6, 6.07) is 0. The van der Waals surface area contributed by atoms with Crippen LogP contribution in [-0.2, 0) is 4.79 Å². The van der Waals surface area contributed by atoms with Crippen LogP contribution in [0.1, 0.15) is 39.0 Å². The number of rotatable bonds is 4. The third-order valence-corrected chi connectivity index (χ3v) is 7.49. The summed E-state index contributed by atoms with van der Waals surface area (Å²) < 4.78 is 0. The zero-order valence-corrected chi connectivity index (χ0v) is 16.8. The highest BCUT2D eigenvalue weighted by atomic mass is 16.6. The fourth-order valence-electron chi connectivity index (χ4n) is 5.55. The number of piperazine rings is 1. The lowest BCUT2D eigenvalue weighted by molar-refractivity contribution is -0.535. The lowest BCUT2D eigenvalue weighted by atomic mass is 9.76. The normalized spacial score (nSPS) is 37.8. The van der Waals surface area contributed by atoms with Gasteiger partial charge >= 0.3 is 0 Å². The summed E-state index contributed by atoms with van der Waals surface area (Å²) in [5, 5.41) is 13.5. The highest BCUT2D eigenvalue weighted by molar-refractivity contribution is 5.84. The minimum atomic E-state index is -1.16. The summed E-state index contributed by atoms with van der Waals surface area (Å²) in [7, 11) is 1.92. The van der Waals surface area contributed by atoms with Crippen LogP contribution in [-0.4, -0.2) is 59.5 Å². The SMILES string of the molecule is CNN1CCN(C(=O)C23CCC(C4=CC=CC(C)([N+](=O)[O-])C=C4)(CC2)C3)CC1. The van der Waals surface area contributed by atoms with E-state index in [0.717, 1.165) is 63.9 Å². The van der Waals surface area contributed by atoms with E-state index in [1.807, 2.05) is 25.3 Å². The van der Waals surface area contributed by atoms with Gasteiger partial charge in [-0.3, -0.25) is 20.3 Å². The van der Waals surface area contributed by atoms with Crippen LogP contribution in [0.3, 0.4) is 0 Å². The van der Waals surface area contributed by atoms with Gasteiger partial charge in [-0.15, -0.1) is 0 Å². The summed E-state index contributed by atoms with van der Waals surface area (Å²) in [5.41, 5.74) is 2.91. The fourth-order valence-corrected chi connectivity index (χ4v) is 5.55. The molecule has 1 aliphatic heterocycles. The Morgan fingerprint density at radius 3 is 2.43 bits per heavy atom. The first-order valence-corrected chi connectivity index (χ1v) is 10.3. The van der Waals surface area contributed by atoms with E-state index in [4.69, 9.17) is 0 Å². The molecular weight excluding hydrogens is 356 g/mol. The van der Waals surface area contributed by atoms with Crippen molar-refractivity contribution in [3.05, 3.63) is 46.1 Å². The number of hydrogen-bond donors (Lipinski definition) is 1. The molecule has 1 amide bonds. The van der Waals surface area contributed by atoms with Gasteiger partial charge < -0.3 is 4.90 Å². The van der Waals surface area contributed by atoms with Gasteiger partial charge in [-0.25, -0.2) is 5.01 Å². The molecule has 7 heteroatoms.